The minimum atomic E-state index is -3.85. The van der Waals surface area contributed by atoms with Crippen molar-refractivity contribution >= 4 is 16.0 Å². The van der Waals surface area contributed by atoms with Crippen LogP contribution in [0.1, 0.15) is 53.0 Å². The van der Waals surface area contributed by atoms with Crippen LogP contribution in [0.3, 0.4) is 0 Å². The van der Waals surface area contributed by atoms with E-state index in [9.17, 15) is 8.42 Å². The quantitative estimate of drug-likeness (QED) is 0.608. The summed E-state index contributed by atoms with van der Waals surface area (Å²) >= 11 is 0. The van der Waals surface area contributed by atoms with E-state index in [1.54, 1.807) is 24.3 Å². The first-order valence-corrected chi connectivity index (χ1v) is 12.0. The molecule has 1 fully saturated rings. The van der Waals surface area contributed by atoms with Crippen molar-refractivity contribution in [3.05, 3.63) is 41.0 Å². The molecule has 1 aromatic rings. The molecule has 8 heteroatoms. The monoisotopic (exact) mass is 450 g/mol. The normalized spacial score (nSPS) is 23.3. The van der Waals surface area contributed by atoms with Crippen molar-refractivity contribution < 1.29 is 22.1 Å². The molecule has 0 amide bonds. The Balaban J connectivity index is 1.75. The van der Waals surface area contributed by atoms with Gasteiger partial charge in [-0.3, -0.25) is 9.50 Å². The van der Waals surface area contributed by atoms with Crippen LogP contribution in [0.15, 0.2) is 45.3 Å². The molecule has 0 aromatic heterocycles. The van der Waals surface area contributed by atoms with Gasteiger partial charge >= 0.3 is 0 Å². The van der Waals surface area contributed by atoms with Crippen molar-refractivity contribution in [1.29, 1.82) is 0 Å². The highest BCUT2D eigenvalue weighted by Crippen LogP contribution is 2.27. The summed E-state index contributed by atoms with van der Waals surface area (Å²) in [7, 11) is -3.85. The van der Waals surface area contributed by atoms with Gasteiger partial charge in [-0.15, -0.1) is 0 Å². The first-order valence-electron chi connectivity index (χ1n) is 10.6. The van der Waals surface area contributed by atoms with Crippen LogP contribution < -0.4 is 5.32 Å². The molecule has 0 bridgehead atoms. The van der Waals surface area contributed by atoms with Gasteiger partial charge in [-0.25, -0.2) is 4.99 Å². The van der Waals surface area contributed by atoms with Crippen molar-refractivity contribution in [2.24, 2.45) is 4.99 Å². The summed E-state index contributed by atoms with van der Waals surface area (Å²) in [6.07, 6.45) is 1.30. The van der Waals surface area contributed by atoms with Crippen molar-refractivity contribution in [3.63, 3.8) is 0 Å². The maximum absolute atomic E-state index is 12.6. The fraction of sp³-hybridized carbons (Fsp3) is 0.609. The maximum Gasteiger partial charge on any atom is 0.297 e. The molecule has 7 nitrogen and oxygen atoms in total. The highest BCUT2D eigenvalue weighted by molar-refractivity contribution is 7.86. The van der Waals surface area contributed by atoms with E-state index in [1.165, 1.54) is 0 Å². The maximum atomic E-state index is 12.6. The number of aryl methyl sites for hydroxylation is 1. The first-order chi connectivity index (χ1) is 14.4. The highest BCUT2D eigenvalue weighted by Gasteiger charge is 2.33. The molecule has 31 heavy (non-hydrogen) atoms. The molecule has 2 aliphatic heterocycles. The number of ether oxygens (including phenoxy) is 2. The lowest BCUT2D eigenvalue weighted by atomic mass is 10.0. The van der Waals surface area contributed by atoms with Crippen molar-refractivity contribution in [1.82, 2.24) is 5.32 Å². The molecule has 1 unspecified atom stereocenters. The SMILES string of the molecule is C/C(COS(=O)(=O)c1ccc(C)cc1)=C(\CCC1NC(C)(C)CO1)C1=NC(C)(C)CO1. The number of hydrogen-bond donors (Lipinski definition) is 1. The first kappa shape index (κ1) is 23.9. The van der Waals surface area contributed by atoms with Crippen LogP contribution in [-0.4, -0.2) is 51.4 Å². The molecular formula is C23H34N2O5S. The molecule has 1 N–H and O–H groups in total. The van der Waals surface area contributed by atoms with E-state index < -0.39 is 10.1 Å². The summed E-state index contributed by atoms with van der Waals surface area (Å²) in [5.74, 6) is 0.566. The summed E-state index contributed by atoms with van der Waals surface area (Å²) in [6.45, 7) is 13.1. The number of hydrogen-bond acceptors (Lipinski definition) is 7. The van der Waals surface area contributed by atoms with E-state index in [-0.39, 0.29) is 28.8 Å². The van der Waals surface area contributed by atoms with E-state index in [1.807, 2.05) is 27.7 Å². The summed E-state index contributed by atoms with van der Waals surface area (Å²) < 4.78 is 42.3. The van der Waals surface area contributed by atoms with Crippen LogP contribution in [0.4, 0.5) is 0 Å². The Bertz CT molecular complexity index is 962. The average molecular weight is 451 g/mol. The summed E-state index contributed by atoms with van der Waals surface area (Å²) in [6, 6.07) is 6.62. The summed E-state index contributed by atoms with van der Waals surface area (Å²) in [4.78, 5) is 4.85. The van der Waals surface area contributed by atoms with Gasteiger partial charge in [0.1, 0.15) is 12.8 Å². The number of nitrogens with one attached hydrogen (secondary N) is 1. The zero-order valence-corrected chi connectivity index (χ0v) is 20.1. The Kier molecular flexibility index (Phi) is 6.96. The van der Waals surface area contributed by atoms with Crippen molar-refractivity contribution in [2.75, 3.05) is 19.8 Å². The van der Waals surface area contributed by atoms with Gasteiger partial charge in [0, 0.05) is 11.1 Å². The third-order valence-electron chi connectivity index (χ3n) is 5.33. The van der Waals surface area contributed by atoms with E-state index in [0.717, 1.165) is 23.1 Å². The molecule has 2 aliphatic rings. The lowest BCUT2D eigenvalue weighted by molar-refractivity contribution is 0.0920. The Morgan fingerprint density at radius 3 is 2.42 bits per heavy atom. The molecule has 1 saturated heterocycles. The van der Waals surface area contributed by atoms with E-state index in [2.05, 4.69) is 19.2 Å². The minimum absolute atomic E-state index is 0.0567. The summed E-state index contributed by atoms with van der Waals surface area (Å²) in [5.41, 5.74) is 2.28. The Morgan fingerprint density at radius 1 is 1.19 bits per heavy atom. The Hall–Kier alpha value is -1.74. The standard InChI is InChI=1S/C23H34N2O5S/c1-16-7-9-18(10-8-16)31(26,27)30-13-17(2)19(21-25-23(5,6)15-29-21)11-12-20-24-22(3,4)14-28-20/h7-10,20,24H,11-15H2,1-6H3/b19-17-. The van der Waals surface area contributed by atoms with Crippen LogP contribution in [0.5, 0.6) is 0 Å². The van der Waals surface area contributed by atoms with Crippen molar-refractivity contribution in [3.8, 4) is 0 Å². The molecule has 1 aromatic carbocycles. The third-order valence-corrected chi connectivity index (χ3v) is 6.61. The molecule has 0 radical (unpaired) electrons. The number of benzene rings is 1. The average Bonchev–Trinajstić information content (AvgIpc) is 3.21. The Morgan fingerprint density at radius 2 is 1.87 bits per heavy atom. The predicted octanol–water partition coefficient (Wildman–Crippen LogP) is 3.73. The molecule has 0 saturated carbocycles. The second-order valence-corrected chi connectivity index (χ2v) is 11.3. The second-order valence-electron chi connectivity index (χ2n) is 9.67. The predicted molar refractivity (Wildman–Crippen MR) is 121 cm³/mol. The van der Waals surface area contributed by atoms with Gasteiger partial charge in [-0.2, -0.15) is 8.42 Å². The van der Waals surface area contributed by atoms with Gasteiger partial charge in [0.2, 0.25) is 5.90 Å². The largest absolute Gasteiger partial charge is 0.475 e. The van der Waals surface area contributed by atoms with Crippen molar-refractivity contribution in [2.45, 2.75) is 76.6 Å². The number of aliphatic imine (C=N–C) groups is 1. The van der Waals surface area contributed by atoms with E-state index in [4.69, 9.17) is 18.6 Å². The van der Waals surface area contributed by atoms with Crippen LogP contribution in [0.25, 0.3) is 0 Å². The van der Waals surface area contributed by atoms with Crippen LogP contribution in [0, 0.1) is 6.92 Å². The molecule has 3 rings (SSSR count). The highest BCUT2D eigenvalue weighted by atomic mass is 32.2. The number of nitrogens with zero attached hydrogens (tertiary/aromatic N) is 1. The zero-order valence-electron chi connectivity index (χ0n) is 19.3. The lowest BCUT2D eigenvalue weighted by Crippen LogP contribution is -2.39. The molecule has 1 atom stereocenters. The van der Waals surface area contributed by atoms with Gasteiger partial charge in [-0.05, 0) is 72.1 Å². The van der Waals surface area contributed by atoms with Gasteiger partial charge in [-0.1, -0.05) is 17.7 Å². The summed E-state index contributed by atoms with van der Waals surface area (Å²) in [5, 5.41) is 3.46. The van der Waals surface area contributed by atoms with Crippen LogP contribution in [-0.2, 0) is 23.8 Å². The lowest BCUT2D eigenvalue weighted by Gasteiger charge is -2.18. The fourth-order valence-corrected chi connectivity index (χ4v) is 4.46. The Labute approximate surface area is 186 Å². The zero-order chi connectivity index (χ0) is 22.9. The molecule has 0 aliphatic carbocycles. The minimum Gasteiger partial charge on any atom is -0.475 e. The van der Waals surface area contributed by atoms with E-state index in [0.29, 0.717) is 25.5 Å². The third kappa shape index (κ3) is 6.38. The van der Waals surface area contributed by atoms with Gasteiger partial charge < -0.3 is 9.47 Å². The van der Waals surface area contributed by atoms with Gasteiger partial charge in [0.05, 0.1) is 23.6 Å². The molecule has 2 heterocycles. The fourth-order valence-electron chi connectivity index (χ4n) is 3.53. The van der Waals surface area contributed by atoms with E-state index >= 15 is 0 Å². The number of rotatable bonds is 8. The van der Waals surface area contributed by atoms with Gasteiger partial charge in [0.25, 0.3) is 10.1 Å². The molecular weight excluding hydrogens is 416 g/mol. The topological polar surface area (TPSA) is 86.2 Å². The molecule has 172 valence electrons. The van der Waals surface area contributed by atoms with Gasteiger partial charge in [0.15, 0.2) is 0 Å². The smallest absolute Gasteiger partial charge is 0.297 e. The second kappa shape index (κ2) is 9.02. The van der Waals surface area contributed by atoms with Crippen LogP contribution >= 0.6 is 0 Å². The van der Waals surface area contributed by atoms with Crippen LogP contribution in [0.2, 0.25) is 0 Å². The molecule has 0 spiro atoms.